The smallest absolute Gasteiger partial charge is 0.321 e. The Morgan fingerprint density at radius 2 is 1.76 bits per heavy atom. The summed E-state index contributed by atoms with van der Waals surface area (Å²) in [4.78, 5) is 26.6. The molecule has 0 unspecified atom stereocenters. The SMILES string of the molecule is CCNC(=O)N(CCCCNC(=O)Nc1cccc2ccccc12)c1ccc2c(c1)OCO2. The molecule has 0 fully saturated rings. The van der Waals surface area contributed by atoms with Crippen LogP contribution < -0.4 is 30.3 Å². The predicted molar refractivity (Wildman–Crippen MR) is 129 cm³/mol. The van der Waals surface area contributed by atoms with Crippen molar-refractivity contribution in [2.45, 2.75) is 19.8 Å². The molecule has 0 aromatic heterocycles. The molecule has 172 valence electrons. The van der Waals surface area contributed by atoms with Crippen LogP contribution >= 0.6 is 0 Å². The van der Waals surface area contributed by atoms with Gasteiger partial charge < -0.3 is 25.4 Å². The van der Waals surface area contributed by atoms with Crippen LogP contribution in [0, 0.1) is 0 Å². The molecule has 8 heteroatoms. The molecule has 0 aliphatic carbocycles. The van der Waals surface area contributed by atoms with E-state index in [1.807, 2.05) is 67.6 Å². The van der Waals surface area contributed by atoms with E-state index >= 15 is 0 Å². The maximum atomic E-state index is 12.6. The first-order valence-electron chi connectivity index (χ1n) is 11.1. The molecule has 8 nitrogen and oxygen atoms in total. The highest BCUT2D eigenvalue weighted by molar-refractivity contribution is 6.01. The topological polar surface area (TPSA) is 91.9 Å². The quantitative estimate of drug-likeness (QED) is 0.435. The molecule has 4 amide bonds. The number of carbonyl (C=O) groups excluding carboxylic acids is 2. The van der Waals surface area contributed by atoms with E-state index in [1.165, 1.54) is 0 Å². The molecule has 0 radical (unpaired) electrons. The second-order valence-electron chi connectivity index (χ2n) is 7.64. The van der Waals surface area contributed by atoms with E-state index < -0.39 is 0 Å². The summed E-state index contributed by atoms with van der Waals surface area (Å²) in [7, 11) is 0. The second-order valence-corrected chi connectivity index (χ2v) is 7.64. The van der Waals surface area contributed by atoms with Crippen LogP contribution in [-0.4, -0.2) is 38.5 Å². The van der Waals surface area contributed by atoms with Crippen LogP contribution in [-0.2, 0) is 0 Å². The molecule has 3 N–H and O–H groups in total. The minimum Gasteiger partial charge on any atom is -0.454 e. The molecule has 0 atom stereocenters. The average Bonchev–Trinajstić information content (AvgIpc) is 3.30. The molecule has 33 heavy (non-hydrogen) atoms. The van der Waals surface area contributed by atoms with E-state index in [0.717, 1.165) is 35.0 Å². The van der Waals surface area contributed by atoms with Gasteiger partial charge in [-0.2, -0.15) is 0 Å². The van der Waals surface area contributed by atoms with Crippen molar-refractivity contribution in [1.82, 2.24) is 10.6 Å². The number of carbonyl (C=O) groups is 2. The lowest BCUT2D eigenvalue weighted by Crippen LogP contribution is -2.40. The van der Waals surface area contributed by atoms with Gasteiger partial charge in [0.1, 0.15) is 0 Å². The first-order valence-corrected chi connectivity index (χ1v) is 11.1. The van der Waals surface area contributed by atoms with Crippen molar-refractivity contribution in [1.29, 1.82) is 0 Å². The Bertz CT molecular complexity index is 1130. The summed E-state index contributed by atoms with van der Waals surface area (Å²) in [6.07, 6.45) is 1.45. The highest BCUT2D eigenvalue weighted by Crippen LogP contribution is 2.35. The molecular formula is C25H28N4O4. The van der Waals surface area contributed by atoms with Crippen LogP contribution in [0.1, 0.15) is 19.8 Å². The van der Waals surface area contributed by atoms with Crippen LogP contribution in [0.5, 0.6) is 11.5 Å². The number of nitrogens with zero attached hydrogens (tertiary/aromatic N) is 1. The highest BCUT2D eigenvalue weighted by atomic mass is 16.7. The molecular weight excluding hydrogens is 420 g/mol. The van der Waals surface area contributed by atoms with Gasteiger partial charge in [-0.05, 0) is 43.4 Å². The molecule has 0 spiro atoms. The Labute approximate surface area is 192 Å². The van der Waals surface area contributed by atoms with Crippen LogP contribution in [0.2, 0.25) is 0 Å². The summed E-state index contributed by atoms with van der Waals surface area (Å²) in [5.41, 5.74) is 1.52. The van der Waals surface area contributed by atoms with Crippen LogP contribution in [0.15, 0.2) is 60.7 Å². The summed E-state index contributed by atoms with van der Waals surface area (Å²) in [5, 5.41) is 10.7. The maximum absolute atomic E-state index is 12.6. The van der Waals surface area contributed by atoms with Gasteiger partial charge in [0.25, 0.3) is 0 Å². The fourth-order valence-electron chi connectivity index (χ4n) is 3.75. The van der Waals surface area contributed by atoms with Crippen molar-refractivity contribution < 1.29 is 19.1 Å². The Morgan fingerprint density at radius 3 is 2.64 bits per heavy atom. The number of ether oxygens (including phenoxy) is 2. The number of amides is 4. The Balaban J connectivity index is 1.28. The minimum atomic E-state index is -0.247. The van der Waals surface area contributed by atoms with Crippen molar-refractivity contribution in [3.05, 3.63) is 60.7 Å². The fourth-order valence-corrected chi connectivity index (χ4v) is 3.75. The molecule has 3 aromatic carbocycles. The zero-order chi connectivity index (χ0) is 23.0. The number of unbranched alkanes of at least 4 members (excludes halogenated alkanes) is 1. The number of rotatable bonds is 8. The molecule has 1 aliphatic rings. The Kier molecular flexibility index (Phi) is 7.14. The number of anilines is 2. The Morgan fingerprint density at radius 1 is 0.939 bits per heavy atom. The molecule has 0 bridgehead atoms. The molecule has 0 saturated carbocycles. The van der Waals surface area contributed by atoms with Gasteiger partial charge in [-0.15, -0.1) is 0 Å². The first kappa shape index (κ1) is 22.3. The van der Waals surface area contributed by atoms with Gasteiger partial charge in [0.15, 0.2) is 11.5 Å². The third-order valence-electron chi connectivity index (χ3n) is 5.37. The second kappa shape index (κ2) is 10.6. The standard InChI is InChI=1S/C25H28N4O4/c1-2-26-25(31)29(19-12-13-22-23(16-19)33-17-32-22)15-6-5-14-27-24(30)28-21-11-7-9-18-8-3-4-10-20(18)21/h3-4,7-13,16H,2,5-6,14-15,17H2,1H3,(H,26,31)(H2,27,28,30). The van der Waals surface area contributed by atoms with Crippen LogP contribution in [0.4, 0.5) is 21.0 Å². The van der Waals surface area contributed by atoms with E-state index in [1.54, 1.807) is 4.90 Å². The summed E-state index contributed by atoms with van der Waals surface area (Å²) in [5.74, 6) is 1.31. The van der Waals surface area contributed by atoms with Gasteiger partial charge in [-0.1, -0.05) is 36.4 Å². The van der Waals surface area contributed by atoms with Crippen LogP contribution in [0.3, 0.4) is 0 Å². The fraction of sp³-hybridized carbons (Fsp3) is 0.280. The number of urea groups is 2. The average molecular weight is 449 g/mol. The van der Waals surface area contributed by atoms with Crippen molar-refractivity contribution in [3.63, 3.8) is 0 Å². The summed E-state index contributed by atoms with van der Waals surface area (Å²) in [6.45, 7) is 3.62. The van der Waals surface area contributed by atoms with Crippen LogP contribution in [0.25, 0.3) is 10.8 Å². The van der Waals surface area contributed by atoms with Crippen molar-refractivity contribution in [3.8, 4) is 11.5 Å². The predicted octanol–water partition coefficient (Wildman–Crippen LogP) is 4.71. The molecule has 1 heterocycles. The third-order valence-corrected chi connectivity index (χ3v) is 5.37. The summed E-state index contributed by atoms with van der Waals surface area (Å²) < 4.78 is 10.8. The number of nitrogens with one attached hydrogen (secondary N) is 3. The normalized spacial score (nSPS) is 11.8. The monoisotopic (exact) mass is 448 g/mol. The number of hydrogen-bond donors (Lipinski definition) is 3. The zero-order valence-electron chi connectivity index (χ0n) is 18.6. The molecule has 0 saturated heterocycles. The Hall–Kier alpha value is -3.94. The van der Waals surface area contributed by atoms with Crippen molar-refractivity contribution in [2.24, 2.45) is 0 Å². The highest BCUT2D eigenvalue weighted by Gasteiger charge is 2.19. The lowest BCUT2D eigenvalue weighted by atomic mass is 10.1. The van der Waals surface area contributed by atoms with Gasteiger partial charge >= 0.3 is 12.1 Å². The number of benzene rings is 3. The van der Waals surface area contributed by atoms with Gasteiger partial charge in [0.05, 0.1) is 5.69 Å². The largest absolute Gasteiger partial charge is 0.454 e. The zero-order valence-corrected chi connectivity index (χ0v) is 18.6. The number of hydrogen-bond acceptors (Lipinski definition) is 4. The van der Waals surface area contributed by atoms with Crippen molar-refractivity contribution in [2.75, 3.05) is 36.6 Å². The minimum absolute atomic E-state index is 0.168. The lowest BCUT2D eigenvalue weighted by molar-refractivity contribution is 0.174. The van der Waals surface area contributed by atoms with E-state index in [4.69, 9.17) is 9.47 Å². The van der Waals surface area contributed by atoms with Gasteiger partial charge in [-0.25, -0.2) is 9.59 Å². The van der Waals surface area contributed by atoms with E-state index in [0.29, 0.717) is 31.1 Å². The van der Waals surface area contributed by atoms with Crippen molar-refractivity contribution >= 4 is 34.2 Å². The maximum Gasteiger partial charge on any atom is 0.321 e. The molecule has 1 aliphatic heterocycles. The van der Waals surface area contributed by atoms with E-state index in [2.05, 4.69) is 16.0 Å². The van der Waals surface area contributed by atoms with Gasteiger partial charge in [0.2, 0.25) is 6.79 Å². The molecule has 4 rings (SSSR count). The number of fused-ring (bicyclic) bond motifs is 2. The van der Waals surface area contributed by atoms with Gasteiger partial charge in [0, 0.05) is 36.8 Å². The molecule has 3 aromatic rings. The van der Waals surface area contributed by atoms with Gasteiger partial charge in [-0.3, -0.25) is 4.90 Å². The lowest BCUT2D eigenvalue weighted by Gasteiger charge is -2.23. The van der Waals surface area contributed by atoms with E-state index in [9.17, 15) is 9.59 Å². The summed E-state index contributed by atoms with van der Waals surface area (Å²) >= 11 is 0. The van der Waals surface area contributed by atoms with E-state index in [-0.39, 0.29) is 18.9 Å². The third kappa shape index (κ3) is 5.46. The first-order chi connectivity index (χ1) is 16.2. The summed E-state index contributed by atoms with van der Waals surface area (Å²) in [6, 6.07) is 18.8.